The van der Waals surface area contributed by atoms with Gasteiger partial charge in [0.25, 0.3) is 0 Å². The van der Waals surface area contributed by atoms with Gasteiger partial charge in [0.2, 0.25) is 0 Å². The van der Waals surface area contributed by atoms with Gasteiger partial charge in [0, 0.05) is 25.8 Å². The maximum Gasteiger partial charge on any atom is 0.315 e. The Morgan fingerprint density at radius 2 is 2.04 bits per heavy atom. The van der Waals surface area contributed by atoms with Crippen LogP contribution < -0.4 is 10.6 Å². The monoisotopic (exact) mass is 335 g/mol. The first-order valence-electron chi connectivity index (χ1n) is 8.58. The lowest BCUT2D eigenvalue weighted by atomic mass is 9.89. The van der Waals surface area contributed by atoms with Gasteiger partial charge >= 0.3 is 5.97 Å². The highest BCUT2D eigenvalue weighted by Crippen LogP contribution is 2.31. The average molecular weight is 335 g/mol. The number of carbonyl (C=O) groups is 1. The van der Waals surface area contributed by atoms with Crippen LogP contribution in [0.5, 0.6) is 0 Å². The van der Waals surface area contributed by atoms with E-state index in [1.165, 1.54) is 0 Å². The van der Waals surface area contributed by atoms with Gasteiger partial charge in [0.05, 0.1) is 11.4 Å². The molecule has 1 aliphatic rings. The van der Waals surface area contributed by atoms with Gasteiger partial charge in [-0.1, -0.05) is 13.8 Å². The van der Waals surface area contributed by atoms with Crippen LogP contribution in [0.15, 0.2) is 12.1 Å². The molecule has 0 amide bonds. The van der Waals surface area contributed by atoms with Crippen molar-refractivity contribution in [2.45, 2.75) is 52.0 Å². The molecule has 1 aromatic heterocycles. The quantitative estimate of drug-likeness (QED) is 0.831. The highest BCUT2D eigenvalue weighted by atomic mass is 16.5. The smallest absolute Gasteiger partial charge is 0.315 e. The van der Waals surface area contributed by atoms with E-state index in [9.17, 15) is 9.90 Å². The van der Waals surface area contributed by atoms with E-state index in [1.807, 2.05) is 6.07 Å². The van der Waals surface area contributed by atoms with Crippen molar-refractivity contribution in [1.82, 2.24) is 4.98 Å². The van der Waals surface area contributed by atoms with Gasteiger partial charge in [0.1, 0.15) is 11.2 Å². The second-order valence-electron chi connectivity index (χ2n) is 7.42. The van der Waals surface area contributed by atoms with Gasteiger partial charge in [-0.15, -0.1) is 0 Å². The van der Waals surface area contributed by atoms with Crippen LogP contribution in [-0.2, 0) is 14.9 Å². The molecule has 1 fully saturated rings. The predicted octanol–water partition coefficient (Wildman–Crippen LogP) is 2.67. The normalized spacial score (nSPS) is 16.4. The zero-order valence-corrected chi connectivity index (χ0v) is 15.1. The molecule has 0 radical (unpaired) electrons. The van der Waals surface area contributed by atoms with Crippen molar-refractivity contribution in [2.24, 2.45) is 5.92 Å². The Morgan fingerprint density at radius 3 is 2.54 bits per heavy atom. The summed E-state index contributed by atoms with van der Waals surface area (Å²) in [5.41, 5.74) is 6.53. The summed E-state index contributed by atoms with van der Waals surface area (Å²) in [6.45, 7) is 10.0. The van der Waals surface area contributed by atoms with Crippen LogP contribution in [0.2, 0.25) is 0 Å². The van der Waals surface area contributed by atoms with E-state index in [0.717, 1.165) is 38.3 Å². The zero-order chi connectivity index (χ0) is 17.9. The molecule has 1 aromatic rings. The maximum atomic E-state index is 11.4. The molecule has 0 unspecified atom stereocenters. The van der Waals surface area contributed by atoms with E-state index in [2.05, 4.69) is 23.7 Å². The lowest BCUT2D eigenvalue weighted by molar-refractivity contribution is -0.142. The first-order chi connectivity index (χ1) is 11.2. The summed E-state index contributed by atoms with van der Waals surface area (Å²) < 4.78 is 5.47. The second-order valence-corrected chi connectivity index (χ2v) is 7.42. The number of pyridine rings is 1. The number of aliphatic carboxylic acids is 1. The van der Waals surface area contributed by atoms with Crippen LogP contribution in [0.4, 0.5) is 11.5 Å². The molecule has 1 saturated heterocycles. The van der Waals surface area contributed by atoms with Crippen molar-refractivity contribution in [3.63, 3.8) is 0 Å². The first kappa shape index (κ1) is 18.5. The number of nitrogen functional groups attached to an aromatic ring is 1. The number of aromatic nitrogens is 1. The van der Waals surface area contributed by atoms with Crippen LogP contribution in [0.1, 0.15) is 46.2 Å². The summed E-state index contributed by atoms with van der Waals surface area (Å²) in [6, 6.07) is 4.08. The summed E-state index contributed by atoms with van der Waals surface area (Å²) in [7, 11) is 0. The number of carboxylic acids is 1. The van der Waals surface area contributed by atoms with Crippen LogP contribution in [0, 0.1) is 5.92 Å². The third kappa shape index (κ3) is 3.98. The molecule has 2 rings (SSSR count). The highest BCUT2D eigenvalue weighted by Gasteiger charge is 2.32. The van der Waals surface area contributed by atoms with Crippen LogP contribution in [0.3, 0.4) is 0 Å². The number of nitrogens with zero attached hydrogens (tertiary/aromatic N) is 2. The SMILES string of the molecule is CC(C)CN(c1ccc(C(C)(C)C(=O)O)nc1N)C1CCOCC1. The average Bonchev–Trinajstić information content (AvgIpc) is 2.53. The van der Waals surface area contributed by atoms with E-state index < -0.39 is 11.4 Å². The van der Waals surface area contributed by atoms with Gasteiger partial charge < -0.3 is 20.5 Å². The Labute approximate surface area is 144 Å². The minimum absolute atomic E-state index is 0.378. The van der Waals surface area contributed by atoms with E-state index in [1.54, 1.807) is 19.9 Å². The number of hydrogen-bond donors (Lipinski definition) is 2. The Morgan fingerprint density at radius 1 is 1.42 bits per heavy atom. The summed E-state index contributed by atoms with van der Waals surface area (Å²) >= 11 is 0. The summed E-state index contributed by atoms with van der Waals surface area (Å²) in [6.07, 6.45) is 1.93. The summed E-state index contributed by atoms with van der Waals surface area (Å²) in [5.74, 6) is -0.0260. The molecule has 3 N–H and O–H groups in total. The lowest BCUT2D eigenvalue weighted by Crippen LogP contribution is -2.42. The largest absolute Gasteiger partial charge is 0.481 e. The third-order valence-corrected chi connectivity index (χ3v) is 4.58. The highest BCUT2D eigenvalue weighted by molar-refractivity contribution is 5.80. The van der Waals surface area contributed by atoms with E-state index in [0.29, 0.717) is 23.5 Å². The van der Waals surface area contributed by atoms with Gasteiger partial charge in [-0.05, 0) is 44.7 Å². The number of hydrogen-bond acceptors (Lipinski definition) is 5. The topological polar surface area (TPSA) is 88.7 Å². The minimum atomic E-state index is -1.06. The fraction of sp³-hybridized carbons (Fsp3) is 0.667. The van der Waals surface area contributed by atoms with Crippen molar-refractivity contribution in [1.29, 1.82) is 0 Å². The molecule has 0 saturated carbocycles. The Bertz CT molecular complexity index is 581. The third-order valence-electron chi connectivity index (χ3n) is 4.58. The molecule has 0 atom stereocenters. The van der Waals surface area contributed by atoms with Crippen LogP contribution >= 0.6 is 0 Å². The summed E-state index contributed by atoms with van der Waals surface area (Å²) in [4.78, 5) is 18.2. The molecule has 6 heteroatoms. The van der Waals surface area contributed by atoms with Crippen molar-refractivity contribution >= 4 is 17.5 Å². The molecule has 0 bridgehead atoms. The van der Waals surface area contributed by atoms with Gasteiger partial charge in [0.15, 0.2) is 0 Å². The number of carboxylic acid groups (broad SMARTS) is 1. The molecule has 24 heavy (non-hydrogen) atoms. The zero-order valence-electron chi connectivity index (χ0n) is 15.1. The Hall–Kier alpha value is -1.82. The predicted molar refractivity (Wildman–Crippen MR) is 95.3 cm³/mol. The van der Waals surface area contributed by atoms with Crippen molar-refractivity contribution in [3.8, 4) is 0 Å². The molecule has 0 aromatic carbocycles. The molecule has 1 aliphatic heterocycles. The minimum Gasteiger partial charge on any atom is -0.481 e. The first-order valence-corrected chi connectivity index (χ1v) is 8.58. The Balaban J connectivity index is 2.34. The summed E-state index contributed by atoms with van der Waals surface area (Å²) in [5, 5.41) is 9.38. The maximum absolute atomic E-state index is 11.4. The molecule has 0 aliphatic carbocycles. The molecule has 6 nitrogen and oxygen atoms in total. The second kappa shape index (κ2) is 7.38. The van der Waals surface area contributed by atoms with Crippen molar-refractivity contribution in [3.05, 3.63) is 17.8 Å². The van der Waals surface area contributed by atoms with Crippen molar-refractivity contribution < 1.29 is 14.6 Å². The number of anilines is 2. The molecule has 2 heterocycles. The fourth-order valence-corrected chi connectivity index (χ4v) is 3.00. The van der Waals surface area contributed by atoms with Crippen LogP contribution in [0.25, 0.3) is 0 Å². The molecule has 0 spiro atoms. The molecule has 134 valence electrons. The van der Waals surface area contributed by atoms with E-state index >= 15 is 0 Å². The van der Waals surface area contributed by atoms with Gasteiger partial charge in [-0.25, -0.2) is 4.98 Å². The van der Waals surface area contributed by atoms with Crippen molar-refractivity contribution in [2.75, 3.05) is 30.4 Å². The van der Waals surface area contributed by atoms with Gasteiger partial charge in [-0.3, -0.25) is 4.79 Å². The van der Waals surface area contributed by atoms with E-state index in [-0.39, 0.29) is 0 Å². The van der Waals surface area contributed by atoms with Gasteiger partial charge in [-0.2, -0.15) is 0 Å². The lowest BCUT2D eigenvalue weighted by Gasteiger charge is -2.37. The van der Waals surface area contributed by atoms with Crippen LogP contribution in [-0.4, -0.2) is 41.9 Å². The fourth-order valence-electron chi connectivity index (χ4n) is 3.00. The Kier molecular flexibility index (Phi) is 5.70. The standard InChI is InChI=1S/C18H29N3O3/c1-12(2)11-21(13-7-9-24-10-8-13)14-5-6-15(20-16(14)19)18(3,4)17(22)23/h5-6,12-13H,7-11H2,1-4H3,(H2,19,20)(H,22,23). The van der Waals surface area contributed by atoms with E-state index in [4.69, 9.17) is 10.5 Å². The number of nitrogens with two attached hydrogens (primary N) is 1. The molecular formula is C18H29N3O3. The molecular weight excluding hydrogens is 306 g/mol. The number of rotatable bonds is 6. The number of ether oxygens (including phenoxy) is 1.